The van der Waals surface area contributed by atoms with Crippen molar-refractivity contribution in [3.63, 3.8) is 0 Å². The number of piperidine rings is 1. The van der Waals surface area contributed by atoms with Crippen LogP contribution in [0.25, 0.3) is 0 Å². The van der Waals surface area contributed by atoms with E-state index < -0.39 is 0 Å². The summed E-state index contributed by atoms with van der Waals surface area (Å²) in [5, 5.41) is 0. The number of methoxy groups -OCH3 is 1. The van der Waals surface area contributed by atoms with Crippen LogP contribution >= 0.6 is 0 Å². The predicted octanol–water partition coefficient (Wildman–Crippen LogP) is 2.41. The van der Waals surface area contributed by atoms with E-state index in [2.05, 4.69) is 24.0 Å². The average Bonchev–Trinajstić information content (AvgIpc) is 2.34. The van der Waals surface area contributed by atoms with Gasteiger partial charge >= 0.3 is 0 Å². The first-order chi connectivity index (χ1) is 8.60. The number of likely N-dealkylation sites (tertiary alicyclic amines) is 1. The van der Waals surface area contributed by atoms with Crippen molar-refractivity contribution in [1.82, 2.24) is 4.90 Å². The van der Waals surface area contributed by atoms with E-state index in [9.17, 15) is 4.79 Å². The van der Waals surface area contributed by atoms with Crippen molar-refractivity contribution >= 4 is 5.78 Å². The number of benzene rings is 1. The summed E-state index contributed by atoms with van der Waals surface area (Å²) in [6, 6.07) is 6.24. The van der Waals surface area contributed by atoms with Crippen LogP contribution in [0.3, 0.4) is 0 Å². The van der Waals surface area contributed by atoms with Crippen LogP contribution in [0.5, 0.6) is 5.75 Å². The molecule has 0 saturated carbocycles. The van der Waals surface area contributed by atoms with Crippen LogP contribution in [0.2, 0.25) is 0 Å². The van der Waals surface area contributed by atoms with Gasteiger partial charge in [-0.15, -0.1) is 0 Å². The lowest BCUT2D eigenvalue weighted by Gasteiger charge is -2.30. The van der Waals surface area contributed by atoms with Gasteiger partial charge in [0.25, 0.3) is 0 Å². The summed E-state index contributed by atoms with van der Waals surface area (Å²) in [4.78, 5) is 13.9. The van der Waals surface area contributed by atoms with Crippen LogP contribution in [0.4, 0.5) is 0 Å². The lowest BCUT2D eigenvalue weighted by atomic mass is 9.98. The summed E-state index contributed by atoms with van der Waals surface area (Å²) >= 11 is 0. The smallest absolute Gasteiger partial charge is 0.138 e. The molecule has 0 aliphatic carbocycles. The number of ketones is 1. The Morgan fingerprint density at radius 1 is 1.44 bits per heavy atom. The Labute approximate surface area is 109 Å². The van der Waals surface area contributed by atoms with E-state index in [1.807, 2.05) is 13.0 Å². The van der Waals surface area contributed by atoms with Gasteiger partial charge in [-0.05, 0) is 13.0 Å². The van der Waals surface area contributed by atoms with Gasteiger partial charge in [0.1, 0.15) is 11.5 Å². The summed E-state index contributed by atoms with van der Waals surface area (Å²) < 4.78 is 5.40. The van der Waals surface area contributed by atoms with Gasteiger partial charge in [0.2, 0.25) is 0 Å². The highest BCUT2D eigenvalue weighted by Gasteiger charge is 2.23. The number of ether oxygens (including phenoxy) is 1. The maximum absolute atomic E-state index is 11.5. The number of carbonyl (C=O) groups excluding carboxylic acids is 1. The molecule has 3 heteroatoms. The number of hydrogen-bond donors (Lipinski definition) is 0. The summed E-state index contributed by atoms with van der Waals surface area (Å²) in [5.41, 5.74) is 2.45. The van der Waals surface area contributed by atoms with E-state index >= 15 is 0 Å². The largest absolute Gasteiger partial charge is 0.496 e. The van der Waals surface area contributed by atoms with Gasteiger partial charge in [-0.25, -0.2) is 0 Å². The molecule has 0 amide bonds. The molecular weight excluding hydrogens is 226 g/mol. The predicted molar refractivity (Wildman–Crippen MR) is 71.8 cm³/mol. The molecule has 1 atom stereocenters. The summed E-state index contributed by atoms with van der Waals surface area (Å²) in [7, 11) is 1.70. The number of carbonyl (C=O) groups is 1. The second-order valence-corrected chi connectivity index (χ2v) is 5.17. The summed E-state index contributed by atoms with van der Waals surface area (Å²) in [6.07, 6.45) is 0.676. The molecule has 3 nitrogen and oxygen atoms in total. The van der Waals surface area contributed by atoms with E-state index in [-0.39, 0.29) is 5.92 Å². The Hall–Kier alpha value is -1.35. The van der Waals surface area contributed by atoms with Crippen LogP contribution in [0, 0.1) is 12.8 Å². The van der Waals surface area contributed by atoms with E-state index in [4.69, 9.17) is 4.74 Å². The molecule has 0 spiro atoms. The van der Waals surface area contributed by atoms with Crippen molar-refractivity contribution in [2.75, 3.05) is 20.2 Å². The van der Waals surface area contributed by atoms with Gasteiger partial charge in [0.15, 0.2) is 0 Å². The Kier molecular flexibility index (Phi) is 4.02. The number of hydrogen-bond acceptors (Lipinski definition) is 3. The van der Waals surface area contributed by atoms with Gasteiger partial charge in [-0.1, -0.05) is 24.6 Å². The maximum atomic E-state index is 11.5. The average molecular weight is 247 g/mol. The molecular formula is C15H21NO2. The molecule has 1 heterocycles. The first-order valence-corrected chi connectivity index (χ1v) is 6.48. The molecule has 1 unspecified atom stereocenters. The zero-order valence-electron chi connectivity index (χ0n) is 11.4. The molecule has 2 rings (SSSR count). The van der Waals surface area contributed by atoms with Crippen molar-refractivity contribution < 1.29 is 9.53 Å². The Morgan fingerprint density at radius 3 is 2.89 bits per heavy atom. The lowest BCUT2D eigenvalue weighted by molar-refractivity contribution is -0.125. The second-order valence-electron chi connectivity index (χ2n) is 5.17. The highest BCUT2D eigenvalue weighted by atomic mass is 16.5. The highest BCUT2D eigenvalue weighted by Crippen LogP contribution is 2.23. The Bertz CT molecular complexity index is 442. The van der Waals surface area contributed by atoms with Crippen LogP contribution in [0.15, 0.2) is 18.2 Å². The molecule has 1 aliphatic rings. The van der Waals surface area contributed by atoms with Gasteiger partial charge in [0, 0.05) is 37.5 Å². The van der Waals surface area contributed by atoms with Crippen molar-refractivity contribution in [3.05, 3.63) is 29.3 Å². The van der Waals surface area contributed by atoms with Crippen molar-refractivity contribution in [3.8, 4) is 5.75 Å². The number of aryl methyl sites for hydroxylation is 1. The summed E-state index contributed by atoms with van der Waals surface area (Å²) in [5.74, 6) is 1.49. The third-order valence-corrected chi connectivity index (χ3v) is 3.59. The van der Waals surface area contributed by atoms with Crippen molar-refractivity contribution in [2.24, 2.45) is 5.92 Å². The molecule has 1 aromatic rings. The standard InChI is InChI=1S/C15H21NO2/c1-11-4-5-15(18-3)13(8-11)10-16-7-6-14(17)12(2)9-16/h4-5,8,12H,6-7,9-10H2,1-3H3. The molecule has 0 bridgehead atoms. The second kappa shape index (κ2) is 5.53. The minimum absolute atomic E-state index is 0.162. The fraction of sp³-hybridized carbons (Fsp3) is 0.533. The van der Waals surface area contributed by atoms with E-state index in [1.165, 1.54) is 11.1 Å². The zero-order valence-corrected chi connectivity index (χ0v) is 11.4. The quantitative estimate of drug-likeness (QED) is 0.821. The summed E-state index contributed by atoms with van der Waals surface area (Å²) in [6.45, 7) is 6.69. The van der Waals surface area contributed by atoms with Gasteiger partial charge in [-0.3, -0.25) is 9.69 Å². The van der Waals surface area contributed by atoms with Crippen LogP contribution < -0.4 is 4.74 Å². The minimum atomic E-state index is 0.162. The van der Waals surface area contributed by atoms with E-state index in [1.54, 1.807) is 7.11 Å². The van der Waals surface area contributed by atoms with Gasteiger partial charge in [-0.2, -0.15) is 0 Å². The molecule has 1 aromatic carbocycles. The van der Waals surface area contributed by atoms with Gasteiger partial charge in [0.05, 0.1) is 7.11 Å². The first-order valence-electron chi connectivity index (χ1n) is 6.48. The SMILES string of the molecule is COc1ccc(C)cc1CN1CCC(=O)C(C)C1. The zero-order chi connectivity index (χ0) is 13.1. The van der Waals surface area contributed by atoms with Crippen molar-refractivity contribution in [1.29, 1.82) is 0 Å². The van der Waals surface area contributed by atoms with E-state index in [0.29, 0.717) is 12.2 Å². The third kappa shape index (κ3) is 2.91. The first kappa shape index (κ1) is 13.1. The molecule has 18 heavy (non-hydrogen) atoms. The van der Waals surface area contributed by atoms with Crippen LogP contribution in [0.1, 0.15) is 24.5 Å². The molecule has 1 saturated heterocycles. The molecule has 0 aromatic heterocycles. The molecule has 98 valence electrons. The van der Waals surface area contributed by atoms with E-state index in [0.717, 1.165) is 25.4 Å². The fourth-order valence-corrected chi connectivity index (χ4v) is 2.51. The molecule has 1 aliphatic heterocycles. The lowest BCUT2D eigenvalue weighted by Crippen LogP contribution is -2.39. The van der Waals surface area contributed by atoms with Crippen molar-refractivity contribution in [2.45, 2.75) is 26.8 Å². The van der Waals surface area contributed by atoms with Gasteiger partial charge < -0.3 is 4.74 Å². The molecule has 0 radical (unpaired) electrons. The third-order valence-electron chi connectivity index (χ3n) is 3.59. The highest BCUT2D eigenvalue weighted by molar-refractivity contribution is 5.81. The maximum Gasteiger partial charge on any atom is 0.138 e. The Balaban J connectivity index is 2.09. The number of rotatable bonds is 3. The topological polar surface area (TPSA) is 29.5 Å². The Morgan fingerprint density at radius 2 is 2.22 bits per heavy atom. The fourth-order valence-electron chi connectivity index (χ4n) is 2.51. The normalized spacial score (nSPS) is 21.1. The monoisotopic (exact) mass is 247 g/mol. The number of Topliss-reactive ketones (excluding diaryl/α,β-unsaturated/α-hetero) is 1. The van der Waals surface area contributed by atoms with Crippen LogP contribution in [-0.2, 0) is 11.3 Å². The minimum Gasteiger partial charge on any atom is -0.496 e. The molecule has 0 N–H and O–H groups in total. The number of nitrogens with zero attached hydrogens (tertiary/aromatic N) is 1. The molecule has 1 fully saturated rings. The van der Waals surface area contributed by atoms with Crippen LogP contribution in [-0.4, -0.2) is 30.9 Å².